The molecule has 186 valence electrons. The van der Waals surface area contributed by atoms with E-state index in [9.17, 15) is 15.0 Å². The van der Waals surface area contributed by atoms with Gasteiger partial charge >= 0.3 is 0 Å². The van der Waals surface area contributed by atoms with Crippen LogP contribution in [0.5, 0.6) is 11.5 Å². The van der Waals surface area contributed by atoms with Crippen molar-refractivity contribution in [1.82, 2.24) is 0 Å². The van der Waals surface area contributed by atoms with Gasteiger partial charge in [0.2, 0.25) is 0 Å². The Morgan fingerprint density at radius 1 is 0.838 bits per heavy atom. The average Bonchev–Trinajstić information content (AvgIpc) is 3.12. The zero-order chi connectivity index (χ0) is 25.8. The second-order valence-electron chi connectivity index (χ2n) is 10.5. The van der Waals surface area contributed by atoms with Crippen LogP contribution in [0.2, 0.25) is 0 Å². The van der Waals surface area contributed by atoms with Gasteiger partial charge in [-0.05, 0) is 55.5 Å². The quantitative estimate of drug-likeness (QED) is 0.375. The number of nitrogens with zero attached hydrogens (tertiary/aromatic N) is 1. The molecule has 1 atom stereocenters. The lowest BCUT2D eigenvalue weighted by Gasteiger charge is -2.34. The molecule has 37 heavy (non-hydrogen) atoms. The molecule has 2 heterocycles. The molecule has 0 saturated heterocycles. The van der Waals surface area contributed by atoms with Crippen molar-refractivity contribution in [3.8, 4) is 11.5 Å². The van der Waals surface area contributed by atoms with E-state index in [1.807, 2.05) is 92.7 Å². The number of carbonyl (C=O) groups is 1. The normalized spacial score (nSPS) is 19.9. The highest BCUT2D eigenvalue weighted by Crippen LogP contribution is 2.52. The third kappa shape index (κ3) is 3.69. The Bertz CT molecular complexity index is 1440. The molecule has 0 radical (unpaired) electrons. The average molecular weight is 492 g/mol. The topological polar surface area (TPSA) is 70.0 Å². The van der Waals surface area contributed by atoms with Gasteiger partial charge in [-0.3, -0.25) is 9.69 Å². The molecular weight excluding hydrogens is 462 g/mol. The van der Waals surface area contributed by atoms with Gasteiger partial charge < -0.3 is 14.9 Å². The summed E-state index contributed by atoms with van der Waals surface area (Å²) in [6.07, 6.45) is 1.52. The summed E-state index contributed by atoms with van der Waals surface area (Å²) in [5.74, 6) is -0.0817. The Morgan fingerprint density at radius 2 is 1.43 bits per heavy atom. The van der Waals surface area contributed by atoms with Crippen molar-refractivity contribution in [2.45, 2.75) is 43.9 Å². The minimum Gasteiger partial charge on any atom is -0.507 e. The summed E-state index contributed by atoms with van der Waals surface area (Å²) in [4.78, 5) is 16.1. The monoisotopic (exact) mass is 491 g/mol. The van der Waals surface area contributed by atoms with Gasteiger partial charge in [-0.1, -0.05) is 78.9 Å². The van der Waals surface area contributed by atoms with E-state index in [0.29, 0.717) is 17.0 Å². The first-order valence-corrected chi connectivity index (χ1v) is 12.6. The van der Waals surface area contributed by atoms with E-state index in [2.05, 4.69) is 0 Å². The number of ether oxygens (including phenoxy) is 1. The lowest BCUT2D eigenvalue weighted by Crippen LogP contribution is -2.43. The molecule has 0 spiro atoms. The molecule has 6 rings (SSSR count). The number of phenols is 1. The molecule has 5 nitrogen and oxygen atoms in total. The van der Waals surface area contributed by atoms with Crippen molar-refractivity contribution < 1.29 is 19.7 Å². The maximum Gasteiger partial charge on any atom is 0.269 e. The zero-order valence-electron chi connectivity index (χ0n) is 20.9. The van der Waals surface area contributed by atoms with E-state index >= 15 is 0 Å². The Morgan fingerprint density at radius 3 is 2.08 bits per heavy atom. The molecule has 0 saturated carbocycles. The molecular formula is C32H29NO4. The van der Waals surface area contributed by atoms with E-state index in [1.165, 1.54) is 6.07 Å². The predicted octanol–water partition coefficient (Wildman–Crippen LogP) is 5.87. The first kappa shape index (κ1) is 23.3. The third-order valence-electron chi connectivity index (χ3n) is 7.52. The van der Waals surface area contributed by atoms with E-state index < -0.39 is 17.6 Å². The zero-order valence-corrected chi connectivity index (χ0v) is 20.9. The molecule has 1 amide bonds. The van der Waals surface area contributed by atoms with Crippen molar-refractivity contribution in [2.75, 3.05) is 4.90 Å². The van der Waals surface area contributed by atoms with Crippen LogP contribution in [-0.2, 0) is 16.8 Å². The summed E-state index contributed by atoms with van der Waals surface area (Å²) >= 11 is 0. The first-order chi connectivity index (χ1) is 17.8. The summed E-state index contributed by atoms with van der Waals surface area (Å²) in [7, 11) is 0. The van der Waals surface area contributed by atoms with Gasteiger partial charge in [-0.25, -0.2) is 0 Å². The molecule has 2 aliphatic heterocycles. The van der Waals surface area contributed by atoms with Crippen LogP contribution in [0.4, 0.5) is 5.69 Å². The highest BCUT2D eigenvalue weighted by molar-refractivity contribution is 6.10. The predicted molar refractivity (Wildman–Crippen MR) is 143 cm³/mol. The van der Waals surface area contributed by atoms with Gasteiger partial charge in [0.1, 0.15) is 17.1 Å². The number of aliphatic hydroxyl groups is 1. The molecule has 4 aromatic carbocycles. The van der Waals surface area contributed by atoms with Crippen LogP contribution < -0.4 is 9.64 Å². The smallest absolute Gasteiger partial charge is 0.269 e. The Kier molecular flexibility index (Phi) is 5.35. The number of aryl methyl sites for hydroxylation is 1. The van der Waals surface area contributed by atoms with Gasteiger partial charge in [-0.15, -0.1) is 0 Å². The fraction of sp³-hybridized carbons (Fsp3) is 0.219. The van der Waals surface area contributed by atoms with Crippen molar-refractivity contribution >= 4 is 11.6 Å². The highest BCUT2D eigenvalue weighted by Gasteiger charge is 2.54. The van der Waals surface area contributed by atoms with Gasteiger partial charge in [0.25, 0.3) is 5.91 Å². The standard InChI is InChI=1S/C32H29NO4/c1-31(2)18-17-23-19-25(27(34)20-28(23)37-31)32(36)24-15-9-10-16-26(24)33(30(32)35)29(21-11-5-3-6-12-21)22-13-7-4-8-14-22/h3-16,19-20,29,34,36H,17-18H2,1-2H3. The Labute approximate surface area is 216 Å². The fourth-order valence-electron chi connectivity index (χ4n) is 5.64. The molecule has 0 aromatic heterocycles. The van der Waals surface area contributed by atoms with Gasteiger partial charge in [0, 0.05) is 17.2 Å². The molecule has 2 N–H and O–H groups in total. The Hall–Kier alpha value is -4.09. The Balaban J connectivity index is 1.54. The van der Waals surface area contributed by atoms with Gasteiger partial charge in [-0.2, -0.15) is 0 Å². The molecule has 2 aliphatic rings. The number of hydrogen-bond donors (Lipinski definition) is 2. The van der Waals surface area contributed by atoms with Gasteiger partial charge in [0.15, 0.2) is 5.60 Å². The largest absolute Gasteiger partial charge is 0.507 e. The first-order valence-electron chi connectivity index (χ1n) is 12.6. The number of benzene rings is 4. The van der Waals surface area contributed by atoms with Crippen molar-refractivity contribution in [3.63, 3.8) is 0 Å². The lowest BCUT2D eigenvalue weighted by atomic mass is 9.84. The summed E-state index contributed by atoms with van der Waals surface area (Å²) in [6, 6.07) is 29.7. The second kappa shape index (κ2) is 8.49. The number of carbonyl (C=O) groups excluding carboxylic acids is 1. The van der Waals surface area contributed by atoms with Crippen LogP contribution in [0.15, 0.2) is 97.1 Å². The van der Waals surface area contributed by atoms with Crippen LogP contribution in [-0.4, -0.2) is 21.7 Å². The van der Waals surface area contributed by atoms with Crippen LogP contribution in [0.3, 0.4) is 0 Å². The number of anilines is 1. The maximum absolute atomic E-state index is 14.4. The number of fused-ring (bicyclic) bond motifs is 2. The van der Waals surface area contributed by atoms with Crippen LogP contribution in [0, 0.1) is 0 Å². The van der Waals surface area contributed by atoms with Gasteiger partial charge in [0.05, 0.1) is 11.7 Å². The number of rotatable bonds is 4. The minimum absolute atomic E-state index is 0.167. The molecule has 0 aliphatic carbocycles. The molecule has 0 bridgehead atoms. The van der Waals surface area contributed by atoms with Crippen LogP contribution >= 0.6 is 0 Å². The lowest BCUT2D eigenvalue weighted by molar-refractivity contribution is -0.132. The number of phenolic OH excluding ortho intramolecular Hbond substituents is 1. The fourth-order valence-corrected chi connectivity index (χ4v) is 5.64. The summed E-state index contributed by atoms with van der Waals surface area (Å²) in [5.41, 5.74) is 1.55. The van der Waals surface area contributed by atoms with Crippen molar-refractivity contribution in [2.24, 2.45) is 0 Å². The molecule has 0 fully saturated rings. The summed E-state index contributed by atoms with van der Waals surface area (Å²) in [6.45, 7) is 4.02. The number of para-hydroxylation sites is 1. The summed E-state index contributed by atoms with van der Waals surface area (Å²) in [5, 5.41) is 23.4. The SMILES string of the molecule is CC1(C)CCc2cc(C3(O)C(=O)N(C(c4ccccc4)c4ccccc4)c4ccccc43)c(O)cc2O1. The molecule has 4 aromatic rings. The molecule has 5 heteroatoms. The molecule has 1 unspecified atom stereocenters. The van der Waals surface area contributed by atoms with Crippen LogP contribution in [0.1, 0.15) is 54.1 Å². The van der Waals surface area contributed by atoms with E-state index in [-0.39, 0.29) is 16.9 Å². The second-order valence-corrected chi connectivity index (χ2v) is 10.5. The summed E-state index contributed by atoms with van der Waals surface area (Å²) < 4.78 is 6.09. The number of amides is 1. The van der Waals surface area contributed by atoms with E-state index in [1.54, 1.807) is 17.0 Å². The van der Waals surface area contributed by atoms with E-state index in [0.717, 1.165) is 29.5 Å². The van der Waals surface area contributed by atoms with Crippen LogP contribution in [0.25, 0.3) is 0 Å². The van der Waals surface area contributed by atoms with Crippen molar-refractivity contribution in [3.05, 3.63) is 125 Å². The minimum atomic E-state index is -2.05. The number of hydrogen-bond acceptors (Lipinski definition) is 4. The maximum atomic E-state index is 14.4. The van der Waals surface area contributed by atoms with Crippen molar-refractivity contribution in [1.29, 1.82) is 0 Å². The number of aromatic hydroxyl groups is 1. The highest BCUT2D eigenvalue weighted by atomic mass is 16.5. The van der Waals surface area contributed by atoms with E-state index in [4.69, 9.17) is 4.74 Å². The third-order valence-corrected chi connectivity index (χ3v) is 7.52.